The van der Waals surface area contributed by atoms with E-state index in [0.717, 1.165) is 15.7 Å². The highest BCUT2D eigenvalue weighted by Crippen LogP contribution is 2.24. The second-order valence-corrected chi connectivity index (χ2v) is 6.76. The number of esters is 1. The Balaban J connectivity index is 1.60. The molecule has 0 spiro atoms. The molecule has 1 saturated heterocycles. The number of hydrogen-bond acceptors (Lipinski definition) is 5. The van der Waals surface area contributed by atoms with Crippen molar-refractivity contribution in [2.75, 3.05) is 13.2 Å². The van der Waals surface area contributed by atoms with Crippen molar-refractivity contribution in [2.24, 2.45) is 0 Å². The molecule has 1 aliphatic rings. The van der Waals surface area contributed by atoms with Gasteiger partial charge in [-0.2, -0.15) is 0 Å². The fourth-order valence-electron chi connectivity index (χ4n) is 3.32. The number of rotatable bonds is 7. The van der Waals surface area contributed by atoms with Crippen molar-refractivity contribution in [3.05, 3.63) is 48.0 Å². The number of nitrogens with zero attached hydrogens (tertiary/aromatic N) is 1. The van der Waals surface area contributed by atoms with Crippen molar-refractivity contribution >= 4 is 34.5 Å². The lowest BCUT2D eigenvalue weighted by molar-refractivity contribution is -0.146. The Morgan fingerprint density at radius 1 is 1.04 bits per heavy atom. The van der Waals surface area contributed by atoms with Crippen molar-refractivity contribution in [3.8, 4) is 0 Å². The van der Waals surface area contributed by atoms with Crippen LogP contribution in [0, 0.1) is 0 Å². The van der Waals surface area contributed by atoms with Crippen LogP contribution in [0.4, 0.5) is 4.79 Å². The fourth-order valence-corrected chi connectivity index (χ4v) is 3.32. The third-order valence-electron chi connectivity index (χ3n) is 5.18. The Bertz CT molecular complexity index is 949. The molecule has 0 aliphatic carbocycles. The van der Waals surface area contributed by atoms with Gasteiger partial charge >= 0.3 is 12.0 Å². The minimum absolute atomic E-state index is 0.354. The molecule has 1 N–H and O–H groups in total. The molecule has 0 aromatic heterocycles. The van der Waals surface area contributed by atoms with Crippen LogP contribution < -0.4 is 5.32 Å². The van der Waals surface area contributed by atoms with E-state index in [1.165, 1.54) is 0 Å². The number of carbonyl (C=O) groups is 4. The maximum atomic E-state index is 12.5. The summed E-state index contributed by atoms with van der Waals surface area (Å²) in [6, 6.07) is 12.2. The summed E-state index contributed by atoms with van der Waals surface area (Å²) in [5.41, 5.74) is -0.546. The lowest BCUT2D eigenvalue weighted by Gasteiger charge is -2.22. The molecule has 28 heavy (non-hydrogen) atoms. The molecule has 0 atom stereocenters. The largest absolute Gasteiger partial charge is 0.456 e. The average Bonchev–Trinajstić information content (AvgIpc) is 2.96. The summed E-state index contributed by atoms with van der Waals surface area (Å²) in [7, 11) is 0. The Hall–Kier alpha value is -3.22. The van der Waals surface area contributed by atoms with Crippen molar-refractivity contribution in [3.63, 3.8) is 0 Å². The van der Waals surface area contributed by atoms with Gasteiger partial charge < -0.3 is 10.1 Å². The van der Waals surface area contributed by atoms with E-state index >= 15 is 0 Å². The number of amides is 3. The summed E-state index contributed by atoms with van der Waals surface area (Å²) in [5, 5.41) is 4.56. The molecular formula is C21H22N2O5. The van der Waals surface area contributed by atoms with Crippen LogP contribution in [-0.2, 0) is 14.3 Å². The SMILES string of the molecule is CCC1(CC)NC(=O)N(CC(=O)OCC(=O)c2ccc3ccccc3c2)C1=O. The van der Waals surface area contributed by atoms with Gasteiger partial charge in [-0.15, -0.1) is 0 Å². The monoisotopic (exact) mass is 382 g/mol. The van der Waals surface area contributed by atoms with E-state index in [0.29, 0.717) is 18.4 Å². The van der Waals surface area contributed by atoms with Crippen LogP contribution in [0.5, 0.6) is 0 Å². The van der Waals surface area contributed by atoms with Gasteiger partial charge in [0.1, 0.15) is 12.1 Å². The molecule has 7 nitrogen and oxygen atoms in total. The third-order valence-corrected chi connectivity index (χ3v) is 5.18. The van der Waals surface area contributed by atoms with E-state index in [1.54, 1.807) is 26.0 Å². The lowest BCUT2D eigenvalue weighted by Crippen LogP contribution is -2.46. The minimum atomic E-state index is -0.974. The quantitative estimate of drug-likeness (QED) is 0.451. The first-order chi connectivity index (χ1) is 13.4. The molecular weight excluding hydrogens is 360 g/mol. The van der Waals surface area contributed by atoms with Gasteiger partial charge in [0.25, 0.3) is 5.91 Å². The van der Waals surface area contributed by atoms with Crippen LogP contribution in [0.1, 0.15) is 37.0 Å². The third kappa shape index (κ3) is 3.60. The highest BCUT2D eigenvalue weighted by atomic mass is 16.5. The van der Waals surface area contributed by atoms with E-state index in [9.17, 15) is 19.2 Å². The highest BCUT2D eigenvalue weighted by Gasteiger charge is 2.49. The molecule has 0 saturated carbocycles. The summed E-state index contributed by atoms with van der Waals surface area (Å²) >= 11 is 0. The summed E-state index contributed by atoms with van der Waals surface area (Å²) in [5.74, 6) is -1.60. The number of nitrogens with one attached hydrogen (secondary N) is 1. The summed E-state index contributed by atoms with van der Waals surface area (Å²) in [4.78, 5) is 49.8. The second kappa shape index (κ2) is 7.80. The van der Waals surface area contributed by atoms with Crippen LogP contribution >= 0.6 is 0 Å². The number of carbonyl (C=O) groups excluding carboxylic acids is 4. The zero-order valence-corrected chi connectivity index (χ0v) is 15.9. The standard InChI is InChI=1S/C21H22N2O5/c1-3-21(4-2)19(26)23(20(27)22-21)12-18(25)28-13-17(24)16-10-9-14-7-5-6-8-15(14)11-16/h5-11H,3-4,12-13H2,1-2H3,(H,22,27). The topological polar surface area (TPSA) is 92.8 Å². The number of benzene rings is 2. The molecule has 1 fully saturated rings. The molecule has 0 radical (unpaired) electrons. The zero-order chi connectivity index (χ0) is 20.3. The van der Waals surface area contributed by atoms with Gasteiger partial charge in [0.2, 0.25) is 0 Å². The summed E-state index contributed by atoms with van der Waals surface area (Å²) in [6.45, 7) is 2.63. The predicted molar refractivity (Wildman–Crippen MR) is 103 cm³/mol. The summed E-state index contributed by atoms with van der Waals surface area (Å²) < 4.78 is 5.00. The molecule has 146 valence electrons. The van der Waals surface area contributed by atoms with Crippen molar-refractivity contribution < 1.29 is 23.9 Å². The Morgan fingerprint density at radius 3 is 2.36 bits per heavy atom. The minimum Gasteiger partial charge on any atom is -0.456 e. The first kappa shape index (κ1) is 19.5. The summed E-state index contributed by atoms with van der Waals surface area (Å²) in [6.07, 6.45) is 0.861. The van der Waals surface area contributed by atoms with Crippen LogP contribution in [0.15, 0.2) is 42.5 Å². The van der Waals surface area contributed by atoms with Gasteiger partial charge in [-0.3, -0.25) is 19.3 Å². The average molecular weight is 382 g/mol. The smallest absolute Gasteiger partial charge is 0.326 e. The number of fused-ring (bicyclic) bond motifs is 1. The zero-order valence-electron chi connectivity index (χ0n) is 15.9. The van der Waals surface area contributed by atoms with Gasteiger partial charge in [0.05, 0.1) is 0 Å². The number of urea groups is 1. The molecule has 0 bridgehead atoms. The van der Waals surface area contributed by atoms with Gasteiger partial charge in [-0.25, -0.2) is 4.79 Å². The predicted octanol–water partition coefficient (Wildman–Crippen LogP) is 2.68. The van der Waals surface area contributed by atoms with Crippen molar-refractivity contribution in [1.29, 1.82) is 0 Å². The van der Waals surface area contributed by atoms with E-state index in [4.69, 9.17) is 4.74 Å². The number of Topliss-reactive ketones (excluding diaryl/α,β-unsaturated/α-hetero) is 1. The second-order valence-electron chi connectivity index (χ2n) is 6.76. The van der Waals surface area contributed by atoms with Gasteiger partial charge in [0, 0.05) is 5.56 Å². The molecule has 2 aromatic rings. The Morgan fingerprint density at radius 2 is 1.71 bits per heavy atom. The number of ether oxygens (including phenoxy) is 1. The molecule has 1 aliphatic heterocycles. The molecule has 1 heterocycles. The molecule has 2 aromatic carbocycles. The highest BCUT2D eigenvalue weighted by molar-refractivity contribution is 6.09. The van der Waals surface area contributed by atoms with E-state index in [-0.39, 0.29) is 5.78 Å². The molecule has 3 rings (SSSR count). The van der Waals surface area contributed by atoms with Crippen LogP contribution in [0.25, 0.3) is 10.8 Å². The molecule has 0 unspecified atom stereocenters. The van der Waals surface area contributed by atoms with Crippen LogP contribution in [0.3, 0.4) is 0 Å². The Labute approximate surface area is 162 Å². The maximum Gasteiger partial charge on any atom is 0.326 e. The molecule has 7 heteroatoms. The fraction of sp³-hybridized carbons (Fsp3) is 0.333. The van der Waals surface area contributed by atoms with Gasteiger partial charge in [-0.05, 0) is 29.7 Å². The molecule has 3 amide bonds. The van der Waals surface area contributed by atoms with E-state index in [2.05, 4.69) is 5.32 Å². The normalized spacial score (nSPS) is 15.6. The first-order valence-corrected chi connectivity index (χ1v) is 9.22. The van der Waals surface area contributed by atoms with E-state index < -0.39 is 36.6 Å². The number of ketones is 1. The van der Waals surface area contributed by atoms with Gasteiger partial charge in [-0.1, -0.05) is 50.2 Å². The maximum absolute atomic E-state index is 12.5. The number of hydrogen-bond donors (Lipinski definition) is 1. The lowest BCUT2D eigenvalue weighted by atomic mass is 9.93. The van der Waals surface area contributed by atoms with E-state index in [1.807, 2.05) is 30.3 Å². The van der Waals surface area contributed by atoms with Crippen molar-refractivity contribution in [2.45, 2.75) is 32.2 Å². The Kier molecular flexibility index (Phi) is 5.44. The van der Waals surface area contributed by atoms with Gasteiger partial charge in [0.15, 0.2) is 12.4 Å². The van der Waals surface area contributed by atoms with Crippen LogP contribution in [-0.4, -0.2) is 47.3 Å². The van der Waals surface area contributed by atoms with Crippen LogP contribution in [0.2, 0.25) is 0 Å². The van der Waals surface area contributed by atoms with Crippen molar-refractivity contribution in [1.82, 2.24) is 10.2 Å². The number of imide groups is 1. The first-order valence-electron chi connectivity index (χ1n) is 9.22.